The van der Waals surface area contributed by atoms with Gasteiger partial charge in [0, 0.05) is 24.8 Å². The minimum absolute atomic E-state index is 0.155. The van der Waals surface area contributed by atoms with Crippen LogP contribution in [0.4, 0.5) is 15.3 Å². The Labute approximate surface area is 152 Å². The number of nitrogens with zero attached hydrogens (tertiary/aromatic N) is 1. The van der Waals surface area contributed by atoms with Crippen LogP contribution in [0.1, 0.15) is 44.0 Å². The number of carboxylic acids is 1. The molecule has 142 valence electrons. The van der Waals surface area contributed by atoms with E-state index in [1.54, 1.807) is 37.8 Å². The summed E-state index contributed by atoms with van der Waals surface area (Å²) in [7, 11) is 0. The molecule has 8 nitrogen and oxygen atoms in total. The van der Waals surface area contributed by atoms with Gasteiger partial charge in [0.05, 0.1) is 5.56 Å². The fourth-order valence-corrected chi connectivity index (χ4v) is 2.65. The Balaban J connectivity index is 1.88. The lowest BCUT2D eigenvalue weighted by Crippen LogP contribution is -2.51. The van der Waals surface area contributed by atoms with Gasteiger partial charge in [-0.3, -0.25) is 0 Å². The molecular formula is C18H25N3O5. The molecule has 1 aliphatic heterocycles. The van der Waals surface area contributed by atoms with Gasteiger partial charge in [0.25, 0.3) is 0 Å². The van der Waals surface area contributed by atoms with E-state index in [4.69, 9.17) is 9.84 Å². The Morgan fingerprint density at radius 2 is 1.85 bits per heavy atom. The second-order valence-corrected chi connectivity index (χ2v) is 7.24. The van der Waals surface area contributed by atoms with E-state index in [0.29, 0.717) is 18.8 Å². The first-order valence-electron chi connectivity index (χ1n) is 8.53. The number of benzene rings is 1. The molecule has 0 spiro atoms. The number of carboxylic acid groups (broad SMARTS) is 1. The first kappa shape index (κ1) is 19.6. The number of amides is 3. The van der Waals surface area contributed by atoms with E-state index in [-0.39, 0.29) is 17.6 Å². The van der Waals surface area contributed by atoms with Crippen LogP contribution in [0.3, 0.4) is 0 Å². The monoisotopic (exact) mass is 363 g/mol. The van der Waals surface area contributed by atoms with Crippen LogP contribution in [-0.2, 0) is 4.74 Å². The standard InChI is InChI=1S/C18H25N3O5/c1-18(2,3)26-17(25)20-14-5-4-10-21(11-14)16(24)19-13-8-6-12(7-9-13)15(22)23/h6-9,14H,4-5,10-11H2,1-3H3,(H,19,24)(H,20,25)(H,22,23). The van der Waals surface area contributed by atoms with Crippen molar-refractivity contribution in [2.45, 2.75) is 45.3 Å². The summed E-state index contributed by atoms with van der Waals surface area (Å²) in [6.45, 7) is 6.36. The molecule has 0 aliphatic carbocycles. The molecule has 1 heterocycles. The largest absolute Gasteiger partial charge is 0.478 e. The zero-order valence-corrected chi connectivity index (χ0v) is 15.2. The molecular weight excluding hydrogens is 338 g/mol. The number of aromatic carboxylic acids is 1. The lowest BCUT2D eigenvalue weighted by molar-refractivity contribution is 0.0480. The summed E-state index contributed by atoms with van der Waals surface area (Å²) >= 11 is 0. The molecule has 0 saturated carbocycles. The van der Waals surface area contributed by atoms with Crippen molar-refractivity contribution in [1.82, 2.24) is 10.2 Å². The Morgan fingerprint density at radius 1 is 1.19 bits per heavy atom. The van der Waals surface area contributed by atoms with Gasteiger partial charge in [-0.05, 0) is 57.9 Å². The highest BCUT2D eigenvalue weighted by Crippen LogP contribution is 2.15. The maximum atomic E-state index is 12.4. The average molecular weight is 363 g/mol. The lowest BCUT2D eigenvalue weighted by atomic mass is 10.1. The minimum Gasteiger partial charge on any atom is -0.478 e. The van der Waals surface area contributed by atoms with Crippen molar-refractivity contribution in [2.24, 2.45) is 0 Å². The number of urea groups is 1. The fourth-order valence-electron chi connectivity index (χ4n) is 2.65. The zero-order chi connectivity index (χ0) is 19.3. The topological polar surface area (TPSA) is 108 Å². The van der Waals surface area contributed by atoms with Crippen LogP contribution in [-0.4, -0.2) is 52.8 Å². The van der Waals surface area contributed by atoms with Crippen molar-refractivity contribution in [3.63, 3.8) is 0 Å². The van der Waals surface area contributed by atoms with Gasteiger partial charge in [0.1, 0.15) is 5.60 Å². The summed E-state index contributed by atoms with van der Waals surface area (Å²) in [6, 6.07) is 5.49. The highest BCUT2D eigenvalue weighted by atomic mass is 16.6. The number of hydrogen-bond acceptors (Lipinski definition) is 4. The predicted octanol–water partition coefficient (Wildman–Crippen LogP) is 2.91. The SMILES string of the molecule is CC(C)(C)OC(=O)NC1CCCN(C(=O)Nc2ccc(C(=O)O)cc2)C1. The summed E-state index contributed by atoms with van der Waals surface area (Å²) < 4.78 is 5.25. The molecule has 26 heavy (non-hydrogen) atoms. The maximum absolute atomic E-state index is 12.4. The zero-order valence-electron chi connectivity index (χ0n) is 15.2. The number of alkyl carbamates (subject to hydrolysis) is 1. The molecule has 0 radical (unpaired) electrons. The number of anilines is 1. The van der Waals surface area contributed by atoms with Gasteiger partial charge in [0.15, 0.2) is 0 Å². The van der Waals surface area contributed by atoms with Gasteiger partial charge in [0.2, 0.25) is 0 Å². The van der Waals surface area contributed by atoms with Gasteiger partial charge >= 0.3 is 18.1 Å². The molecule has 2 rings (SSSR count). The van der Waals surface area contributed by atoms with Gasteiger partial charge in [-0.15, -0.1) is 0 Å². The van der Waals surface area contributed by atoms with Crippen molar-refractivity contribution in [1.29, 1.82) is 0 Å². The van der Waals surface area contributed by atoms with Crippen LogP contribution in [0.25, 0.3) is 0 Å². The van der Waals surface area contributed by atoms with Gasteiger partial charge in [-0.1, -0.05) is 0 Å². The highest BCUT2D eigenvalue weighted by Gasteiger charge is 2.26. The first-order chi connectivity index (χ1) is 12.1. The van der Waals surface area contributed by atoms with Gasteiger partial charge < -0.3 is 25.4 Å². The van der Waals surface area contributed by atoms with Crippen LogP contribution in [0.5, 0.6) is 0 Å². The van der Waals surface area contributed by atoms with Crippen LogP contribution in [0.15, 0.2) is 24.3 Å². The third-order valence-electron chi connectivity index (χ3n) is 3.81. The summed E-state index contributed by atoms with van der Waals surface area (Å²) in [4.78, 5) is 36.8. The van der Waals surface area contributed by atoms with Crippen LogP contribution < -0.4 is 10.6 Å². The van der Waals surface area contributed by atoms with Gasteiger partial charge in [-0.2, -0.15) is 0 Å². The lowest BCUT2D eigenvalue weighted by Gasteiger charge is -2.33. The van der Waals surface area contributed by atoms with E-state index in [9.17, 15) is 14.4 Å². The Bertz CT molecular complexity index is 666. The third-order valence-corrected chi connectivity index (χ3v) is 3.81. The smallest absolute Gasteiger partial charge is 0.407 e. The van der Waals surface area contributed by atoms with Crippen LogP contribution in [0, 0.1) is 0 Å². The molecule has 1 fully saturated rings. The molecule has 1 aromatic carbocycles. The maximum Gasteiger partial charge on any atom is 0.407 e. The number of rotatable bonds is 3. The van der Waals surface area contributed by atoms with E-state index in [1.165, 1.54) is 12.1 Å². The van der Waals surface area contributed by atoms with E-state index < -0.39 is 17.7 Å². The summed E-state index contributed by atoms with van der Waals surface area (Å²) in [5.41, 5.74) is 0.0996. The quantitative estimate of drug-likeness (QED) is 0.765. The number of likely N-dealkylation sites (tertiary alicyclic amines) is 1. The molecule has 1 aliphatic rings. The summed E-state index contributed by atoms with van der Waals surface area (Å²) in [5, 5.41) is 14.4. The average Bonchev–Trinajstić information content (AvgIpc) is 2.53. The van der Waals surface area contributed by atoms with Crippen LogP contribution in [0.2, 0.25) is 0 Å². The van der Waals surface area contributed by atoms with Crippen molar-refractivity contribution >= 4 is 23.8 Å². The third kappa shape index (κ3) is 5.94. The molecule has 1 saturated heterocycles. The summed E-state index contributed by atoms with van der Waals surface area (Å²) in [6.07, 6.45) is 1.05. The van der Waals surface area contributed by atoms with E-state index in [0.717, 1.165) is 12.8 Å². The number of carbonyl (C=O) groups is 3. The molecule has 1 atom stereocenters. The molecule has 0 aromatic heterocycles. The molecule has 8 heteroatoms. The van der Waals surface area contributed by atoms with Crippen LogP contribution >= 0.6 is 0 Å². The molecule has 1 aromatic rings. The predicted molar refractivity (Wildman–Crippen MR) is 96.4 cm³/mol. The number of hydrogen-bond donors (Lipinski definition) is 3. The number of ether oxygens (including phenoxy) is 1. The minimum atomic E-state index is -1.02. The molecule has 3 amide bonds. The van der Waals surface area contributed by atoms with Crippen molar-refractivity contribution in [3.05, 3.63) is 29.8 Å². The Hall–Kier alpha value is -2.77. The van der Waals surface area contributed by atoms with Gasteiger partial charge in [-0.25, -0.2) is 14.4 Å². The van der Waals surface area contributed by atoms with Crippen molar-refractivity contribution in [3.8, 4) is 0 Å². The fraction of sp³-hybridized carbons (Fsp3) is 0.500. The Kier molecular flexibility index (Phi) is 6.07. The first-order valence-corrected chi connectivity index (χ1v) is 8.53. The highest BCUT2D eigenvalue weighted by molar-refractivity contribution is 5.91. The number of carbonyl (C=O) groups excluding carboxylic acids is 2. The van der Waals surface area contributed by atoms with Crippen molar-refractivity contribution < 1.29 is 24.2 Å². The van der Waals surface area contributed by atoms with E-state index >= 15 is 0 Å². The normalized spacial score (nSPS) is 17.3. The molecule has 3 N–H and O–H groups in total. The number of nitrogens with one attached hydrogen (secondary N) is 2. The van der Waals surface area contributed by atoms with E-state index in [1.807, 2.05) is 0 Å². The van der Waals surface area contributed by atoms with Crippen molar-refractivity contribution in [2.75, 3.05) is 18.4 Å². The molecule has 1 unspecified atom stereocenters. The van der Waals surface area contributed by atoms with E-state index in [2.05, 4.69) is 10.6 Å². The number of piperidine rings is 1. The second kappa shape index (κ2) is 8.07. The second-order valence-electron chi connectivity index (χ2n) is 7.24. The molecule has 0 bridgehead atoms. The summed E-state index contributed by atoms with van der Waals surface area (Å²) in [5.74, 6) is -1.02. The Morgan fingerprint density at radius 3 is 2.42 bits per heavy atom.